The topological polar surface area (TPSA) is 130 Å². The van der Waals surface area contributed by atoms with Gasteiger partial charge in [-0.2, -0.15) is 0 Å². The molecular weight excluding hydrogens is 441 g/mol. The molecule has 2 N–H and O–H groups in total. The van der Waals surface area contributed by atoms with Gasteiger partial charge in [-0.1, -0.05) is 12.1 Å². The molecule has 0 aromatic heterocycles. The van der Waals surface area contributed by atoms with Crippen LogP contribution in [-0.4, -0.2) is 55.0 Å². The number of benzene rings is 2. The number of sulfone groups is 1. The van der Waals surface area contributed by atoms with Gasteiger partial charge >= 0.3 is 0 Å². The molecule has 11 heteroatoms. The maximum absolute atomic E-state index is 14.3. The molecule has 1 heterocycles. The second kappa shape index (κ2) is 8.87. The Balaban J connectivity index is 1.93. The molecule has 0 bridgehead atoms. The molecule has 2 aromatic carbocycles. The van der Waals surface area contributed by atoms with Gasteiger partial charge in [0.2, 0.25) is 11.8 Å². The number of rotatable bonds is 7. The third-order valence-electron chi connectivity index (χ3n) is 4.75. The standard InChI is InChI=1S/C21H20FN3O6S/c1-12(26)23-13-7-8-16(22)17(11-13)24-19(27)18(9-10-32(2,30)31)25-20(28)14-5-3-4-6-15(14)21(25)29/h3-8,11,18H,9-10H2,1-2H3,(H,23,26)(H,24,27). The van der Waals surface area contributed by atoms with Crippen LogP contribution in [0.25, 0.3) is 0 Å². The number of imide groups is 1. The summed E-state index contributed by atoms with van der Waals surface area (Å²) >= 11 is 0. The van der Waals surface area contributed by atoms with Crippen molar-refractivity contribution >= 4 is 44.8 Å². The summed E-state index contributed by atoms with van der Waals surface area (Å²) in [6.45, 7) is 1.26. The van der Waals surface area contributed by atoms with Crippen molar-refractivity contribution < 1.29 is 32.0 Å². The number of carbonyl (C=O) groups is 4. The van der Waals surface area contributed by atoms with E-state index in [4.69, 9.17) is 0 Å². The predicted molar refractivity (Wildman–Crippen MR) is 114 cm³/mol. The highest BCUT2D eigenvalue weighted by atomic mass is 32.2. The average molecular weight is 461 g/mol. The first kappa shape index (κ1) is 23.1. The number of fused-ring (bicyclic) bond motifs is 1. The Morgan fingerprint density at radius 2 is 1.62 bits per heavy atom. The van der Waals surface area contributed by atoms with Crippen LogP contribution < -0.4 is 10.6 Å². The summed E-state index contributed by atoms with van der Waals surface area (Å²) < 4.78 is 37.7. The van der Waals surface area contributed by atoms with Crippen LogP contribution in [0.15, 0.2) is 42.5 Å². The van der Waals surface area contributed by atoms with Crippen molar-refractivity contribution in [3.05, 3.63) is 59.4 Å². The highest BCUT2D eigenvalue weighted by molar-refractivity contribution is 7.90. The largest absolute Gasteiger partial charge is 0.326 e. The van der Waals surface area contributed by atoms with E-state index in [1.54, 1.807) is 12.1 Å². The van der Waals surface area contributed by atoms with Gasteiger partial charge in [-0.3, -0.25) is 24.1 Å². The van der Waals surface area contributed by atoms with Crippen LogP contribution in [-0.2, 0) is 19.4 Å². The minimum absolute atomic E-state index is 0.0912. The zero-order chi connectivity index (χ0) is 23.6. The van der Waals surface area contributed by atoms with Crippen LogP contribution in [0.3, 0.4) is 0 Å². The smallest absolute Gasteiger partial charge is 0.262 e. The van der Waals surface area contributed by atoms with Crippen LogP contribution in [0.1, 0.15) is 34.1 Å². The number of hydrogen-bond acceptors (Lipinski definition) is 6. The molecule has 0 saturated heterocycles. The van der Waals surface area contributed by atoms with Gasteiger partial charge in [0.25, 0.3) is 11.8 Å². The number of nitrogens with one attached hydrogen (secondary N) is 2. The molecular formula is C21H20FN3O6S. The first-order chi connectivity index (χ1) is 15.0. The van der Waals surface area contributed by atoms with Gasteiger partial charge in [0.1, 0.15) is 21.7 Å². The quantitative estimate of drug-likeness (QED) is 0.605. The molecule has 1 aliphatic heterocycles. The summed E-state index contributed by atoms with van der Waals surface area (Å²) in [5, 5.41) is 4.74. The van der Waals surface area contributed by atoms with Crippen molar-refractivity contribution in [1.29, 1.82) is 0 Å². The predicted octanol–water partition coefficient (Wildman–Crippen LogP) is 1.82. The summed E-state index contributed by atoms with van der Waals surface area (Å²) in [7, 11) is -3.54. The molecule has 0 radical (unpaired) electrons. The summed E-state index contributed by atoms with van der Waals surface area (Å²) in [4.78, 5) is 50.6. The van der Waals surface area contributed by atoms with Crippen LogP contribution >= 0.6 is 0 Å². The van der Waals surface area contributed by atoms with E-state index < -0.39 is 51.1 Å². The van der Waals surface area contributed by atoms with Crippen LogP contribution in [0.4, 0.5) is 15.8 Å². The molecule has 9 nitrogen and oxygen atoms in total. The molecule has 168 valence electrons. The lowest BCUT2D eigenvalue weighted by atomic mass is 10.1. The van der Waals surface area contributed by atoms with Crippen LogP contribution in [0.2, 0.25) is 0 Å². The third kappa shape index (κ3) is 4.99. The highest BCUT2D eigenvalue weighted by Crippen LogP contribution is 2.27. The van der Waals surface area contributed by atoms with Gasteiger partial charge in [-0.05, 0) is 36.8 Å². The first-order valence-corrected chi connectivity index (χ1v) is 11.6. The van der Waals surface area contributed by atoms with E-state index >= 15 is 0 Å². The van der Waals surface area contributed by atoms with Gasteiger partial charge in [0, 0.05) is 18.9 Å². The monoisotopic (exact) mass is 461 g/mol. The van der Waals surface area contributed by atoms with Gasteiger partial charge in [-0.25, -0.2) is 12.8 Å². The number of anilines is 2. The maximum Gasteiger partial charge on any atom is 0.262 e. The number of hydrogen-bond donors (Lipinski definition) is 2. The SMILES string of the molecule is CC(=O)Nc1ccc(F)c(NC(=O)C(CCS(C)(=O)=O)N2C(=O)c3ccccc3C2=O)c1. The lowest BCUT2D eigenvalue weighted by Gasteiger charge is -2.25. The second-order valence-corrected chi connectivity index (χ2v) is 9.59. The Bertz CT molecular complexity index is 1190. The van der Waals surface area contributed by atoms with E-state index in [1.807, 2.05) is 0 Å². The minimum atomic E-state index is -3.54. The van der Waals surface area contributed by atoms with Crippen molar-refractivity contribution in [2.24, 2.45) is 0 Å². The van der Waals surface area contributed by atoms with Crippen molar-refractivity contribution in [1.82, 2.24) is 4.90 Å². The fraction of sp³-hybridized carbons (Fsp3) is 0.238. The van der Waals surface area contributed by atoms with E-state index in [-0.39, 0.29) is 28.9 Å². The maximum atomic E-state index is 14.3. The zero-order valence-electron chi connectivity index (χ0n) is 17.2. The number of nitrogens with zero attached hydrogens (tertiary/aromatic N) is 1. The van der Waals surface area contributed by atoms with Gasteiger partial charge in [-0.15, -0.1) is 0 Å². The normalized spacial score (nSPS) is 14.2. The molecule has 3 rings (SSSR count). The fourth-order valence-electron chi connectivity index (χ4n) is 3.31. The summed E-state index contributed by atoms with van der Waals surface area (Å²) in [5.41, 5.74) is 0.0896. The molecule has 4 amide bonds. The summed E-state index contributed by atoms with van der Waals surface area (Å²) in [6.07, 6.45) is 0.587. The summed E-state index contributed by atoms with van der Waals surface area (Å²) in [5.74, 6) is -4.14. The van der Waals surface area contributed by atoms with Crippen molar-refractivity contribution in [2.75, 3.05) is 22.6 Å². The zero-order valence-corrected chi connectivity index (χ0v) is 18.0. The number of halogens is 1. The Morgan fingerprint density at radius 3 is 2.16 bits per heavy atom. The van der Waals surface area contributed by atoms with Crippen LogP contribution in [0, 0.1) is 5.82 Å². The fourth-order valence-corrected chi connectivity index (χ4v) is 3.96. The Morgan fingerprint density at radius 1 is 1.03 bits per heavy atom. The van der Waals surface area contributed by atoms with Crippen molar-refractivity contribution in [2.45, 2.75) is 19.4 Å². The average Bonchev–Trinajstić information content (AvgIpc) is 2.95. The number of amides is 4. The summed E-state index contributed by atoms with van der Waals surface area (Å²) in [6, 6.07) is 7.96. The molecule has 1 unspecified atom stereocenters. The lowest BCUT2D eigenvalue weighted by Crippen LogP contribution is -2.48. The van der Waals surface area contributed by atoms with E-state index in [2.05, 4.69) is 10.6 Å². The van der Waals surface area contributed by atoms with Gasteiger partial charge in [0.15, 0.2) is 0 Å². The molecule has 0 aliphatic carbocycles. The molecule has 0 fully saturated rings. The first-order valence-electron chi connectivity index (χ1n) is 9.50. The van der Waals surface area contributed by atoms with Crippen molar-refractivity contribution in [3.8, 4) is 0 Å². The van der Waals surface area contributed by atoms with E-state index in [9.17, 15) is 32.0 Å². The Hall–Kier alpha value is -3.60. The van der Waals surface area contributed by atoms with E-state index in [1.165, 1.54) is 31.2 Å². The molecule has 1 atom stereocenters. The molecule has 0 spiro atoms. The molecule has 0 saturated carbocycles. The van der Waals surface area contributed by atoms with Gasteiger partial charge < -0.3 is 10.6 Å². The van der Waals surface area contributed by atoms with Gasteiger partial charge in [0.05, 0.1) is 22.6 Å². The van der Waals surface area contributed by atoms with E-state index in [0.29, 0.717) is 4.90 Å². The molecule has 32 heavy (non-hydrogen) atoms. The minimum Gasteiger partial charge on any atom is -0.326 e. The highest BCUT2D eigenvalue weighted by Gasteiger charge is 2.42. The lowest BCUT2D eigenvalue weighted by molar-refractivity contribution is -0.120. The van der Waals surface area contributed by atoms with E-state index in [0.717, 1.165) is 12.3 Å². The molecule has 2 aromatic rings. The third-order valence-corrected chi connectivity index (χ3v) is 5.72. The Kier molecular flexibility index (Phi) is 6.40. The number of carbonyl (C=O) groups excluding carboxylic acids is 4. The Labute approximate surface area is 183 Å². The second-order valence-electron chi connectivity index (χ2n) is 7.33. The van der Waals surface area contributed by atoms with Crippen LogP contribution in [0.5, 0.6) is 0 Å². The van der Waals surface area contributed by atoms with Crippen molar-refractivity contribution in [3.63, 3.8) is 0 Å². The molecule has 1 aliphatic rings.